The zero-order chi connectivity index (χ0) is 28.0. The molecular formula is C29H22ClN3O5S2. The lowest BCUT2D eigenvalue weighted by atomic mass is 10.1. The maximum atomic E-state index is 13.5. The Morgan fingerprint density at radius 1 is 1.15 bits per heavy atom. The normalized spacial score (nSPS) is 15.4. The van der Waals surface area contributed by atoms with E-state index in [9.17, 15) is 9.59 Å². The van der Waals surface area contributed by atoms with Crippen molar-refractivity contribution in [3.63, 3.8) is 0 Å². The SMILES string of the molecule is COc1ccc(N2C(=O)/C(=C/c3c(C)n(CC(=O)Nc4ccc5c(c4)OCO5)c4ccccc34)SC2=S)cc1Cl. The molecule has 0 atom stereocenters. The molecule has 1 N–H and O–H groups in total. The first-order valence-corrected chi connectivity index (χ1v) is 13.8. The predicted octanol–water partition coefficient (Wildman–Crippen LogP) is 6.38. The highest BCUT2D eigenvalue weighted by atomic mass is 35.5. The van der Waals surface area contributed by atoms with Crippen LogP contribution in [0.1, 0.15) is 11.3 Å². The Morgan fingerprint density at radius 3 is 2.75 bits per heavy atom. The minimum absolute atomic E-state index is 0.0833. The lowest BCUT2D eigenvalue weighted by Crippen LogP contribution is -2.27. The van der Waals surface area contributed by atoms with E-state index in [0.717, 1.165) is 22.2 Å². The van der Waals surface area contributed by atoms with Gasteiger partial charge in [0.05, 0.1) is 22.7 Å². The molecule has 0 radical (unpaired) electrons. The number of carbonyl (C=O) groups is 2. The molecule has 0 unspecified atom stereocenters. The van der Waals surface area contributed by atoms with Crippen LogP contribution in [-0.2, 0) is 16.1 Å². The van der Waals surface area contributed by atoms with Gasteiger partial charge in [-0.25, -0.2) is 0 Å². The van der Waals surface area contributed by atoms with E-state index in [2.05, 4.69) is 5.32 Å². The van der Waals surface area contributed by atoms with Crippen molar-refractivity contribution in [2.45, 2.75) is 13.5 Å². The zero-order valence-electron chi connectivity index (χ0n) is 21.4. The smallest absolute Gasteiger partial charge is 0.270 e. The highest BCUT2D eigenvalue weighted by molar-refractivity contribution is 8.27. The van der Waals surface area contributed by atoms with Gasteiger partial charge in [0.1, 0.15) is 12.3 Å². The summed E-state index contributed by atoms with van der Waals surface area (Å²) in [7, 11) is 1.53. The minimum atomic E-state index is -0.243. The molecule has 3 heterocycles. The molecule has 4 aromatic rings. The van der Waals surface area contributed by atoms with Gasteiger partial charge in [-0.15, -0.1) is 0 Å². The maximum absolute atomic E-state index is 13.5. The number of methoxy groups -OCH3 is 1. The summed E-state index contributed by atoms with van der Waals surface area (Å²) in [5.74, 6) is 1.31. The Morgan fingerprint density at radius 2 is 1.95 bits per heavy atom. The summed E-state index contributed by atoms with van der Waals surface area (Å²) >= 11 is 13.1. The third-order valence-corrected chi connectivity index (χ3v) is 8.30. The number of benzene rings is 3. The fraction of sp³-hybridized carbons (Fsp3) is 0.138. The van der Waals surface area contributed by atoms with Gasteiger partial charge in [-0.3, -0.25) is 14.5 Å². The van der Waals surface area contributed by atoms with E-state index in [1.165, 1.54) is 23.8 Å². The van der Waals surface area contributed by atoms with E-state index in [4.69, 9.17) is 38.0 Å². The quantitative estimate of drug-likeness (QED) is 0.206. The zero-order valence-corrected chi connectivity index (χ0v) is 23.8. The van der Waals surface area contributed by atoms with Gasteiger partial charge in [-0.1, -0.05) is 53.8 Å². The van der Waals surface area contributed by atoms with E-state index >= 15 is 0 Å². The first-order valence-electron chi connectivity index (χ1n) is 12.2. The van der Waals surface area contributed by atoms with Crippen LogP contribution in [0.2, 0.25) is 5.02 Å². The van der Waals surface area contributed by atoms with Crippen LogP contribution in [-0.4, -0.2) is 34.6 Å². The summed E-state index contributed by atoms with van der Waals surface area (Å²) in [6.45, 7) is 2.18. The van der Waals surface area contributed by atoms with Gasteiger partial charge in [-0.05, 0) is 49.4 Å². The number of thiocarbonyl (C=S) groups is 1. The molecule has 8 nitrogen and oxygen atoms in total. The second-order valence-electron chi connectivity index (χ2n) is 9.05. The third-order valence-electron chi connectivity index (χ3n) is 6.70. The van der Waals surface area contributed by atoms with Gasteiger partial charge < -0.3 is 24.1 Å². The average Bonchev–Trinajstić information content (AvgIpc) is 3.59. The molecule has 11 heteroatoms. The molecule has 0 spiro atoms. The summed E-state index contributed by atoms with van der Waals surface area (Å²) in [6.07, 6.45) is 1.84. The number of ether oxygens (including phenoxy) is 3. The highest BCUT2D eigenvalue weighted by Gasteiger charge is 2.34. The second-order valence-corrected chi connectivity index (χ2v) is 11.1. The molecule has 3 aromatic carbocycles. The Kier molecular flexibility index (Phi) is 6.91. The number of nitrogens with zero attached hydrogens (tertiary/aromatic N) is 2. The molecule has 202 valence electrons. The van der Waals surface area contributed by atoms with E-state index in [-0.39, 0.29) is 25.2 Å². The molecule has 2 aliphatic heterocycles. The number of carbonyl (C=O) groups excluding carboxylic acids is 2. The van der Waals surface area contributed by atoms with Gasteiger partial charge in [0.25, 0.3) is 5.91 Å². The number of para-hydroxylation sites is 1. The molecule has 1 aromatic heterocycles. The molecule has 0 bridgehead atoms. The topological polar surface area (TPSA) is 82.0 Å². The van der Waals surface area contributed by atoms with E-state index in [1.54, 1.807) is 36.4 Å². The monoisotopic (exact) mass is 591 g/mol. The molecule has 40 heavy (non-hydrogen) atoms. The maximum Gasteiger partial charge on any atom is 0.270 e. The lowest BCUT2D eigenvalue weighted by molar-refractivity contribution is -0.116. The van der Waals surface area contributed by atoms with Gasteiger partial charge in [0.15, 0.2) is 15.8 Å². The molecule has 2 aliphatic rings. The van der Waals surface area contributed by atoms with Crippen molar-refractivity contribution in [3.8, 4) is 17.2 Å². The average molecular weight is 592 g/mol. The molecule has 1 saturated heterocycles. The number of hydrogen-bond acceptors (Lipinski definition) is 7. The Hall–Kier alpha value is -3.99. The number of aromatic nitrogens is 1. The number of fused-ring (bicyclic) bond motifs is 2. The first-order chi connectivity index (χ1) is 19.3. The first kappa shape index (κ1) is 26.2. The van der Waals surface area contributed by atoms with Crippen molar-refractivity contribution in [1.29, 1.82) is 0 Å². The van der Waals surface area contributed by atoms with Crippen molar-refractivity contribution in [1.82, 2.24) is 4.57 Å². The highest BCUT2D eigenvalue weighted by Crippen LogP contribution is 2.40. The predicted molar refractivity (Wildman–Crippen MR) is 162 cm³/mol. The van der Waals surface area contributed by atoms with Crippen molar-refractivity contribution in [3.05, 3.63) is 81.8 Å². The Labute approximate surface area is 244 Å². The van der Waals surface area contributed by atoms with Crippen LogP contribution in [0.5, 0.6) is 17.2 Å². The van der Waals surface area contributed by atoms with Gasteiger partial charge >= 0.3 is 0 Å². The van der Waals surface area contributed by atoms with Crippen LogP contribution in [0.3, 0.4) is 0 Å². The fourth-order valence-electron chi connectivity index (χ4n) is 4.78. The van der Waals surface area contributed by atoms with Crippen molar-refractivity contribution < 1.29 is 23.8 Å². The van der Waals surface area contributed by atoms with Crippen LogP contribution >= 0.6 is 35.6 Å². The summed E-state index contributed by atoms with van der Waals surface area (Å²) in [5.41, 5.74) is 3.76. The molecule has 0 aliphatic carbocycles. The van der Waals surface area contributed by atoms with Gasteiger partial charge in [0.2, 0.25) is 12.7 Å². The largest absolute Gasteiger partial charge is 0.495 e. The summed E-state index contributed by atoms with van der Waals surface area (Å²) < 4.78 is 18.3. The number of amides is 2. The Bertz CT molecular complexity index is 1750. The molecular weight excluding hydrogens is 570 g/mol. The summed E-state index contributed by atoms with van der Waals surface area (Å²) in [4.78, 5) is 28.5. The molecule has 1 fully saturated rings. The summed E-state index contributed by atoms with van der Waals surface area (Å²) in [5, 5.41) is 4.24. The standard InChI is InChI=1S/C29H22ClN3O5S2/c1-16-20(13-26-28(35)33(29(39)40-26)18-8-10-23(36-2)21(30)12-18)19-5-3-4-6-22(19)32(16)14-27(34)31-17-7-9-24-25(11-17)38-15-37-24/h3-13H,14-15H2,1-2H3,(H,31,34)/b26-13-. The van der Waals surface area contributed by atoms with Crippen LogP contribution in [0, 0.1) is 6.92 Å². The van der Waals surface area contributed by atoms with E-state index < -0.39 is 0 Å². The second kappa shape index (κ2) is 10.5. The van der Waals surface area contributed by atoms with Crippen molar-refractivity contribution >= 4 is 80.1 Å². The van der Waals surface area contributed by atoms with Gasteiger partial charge in [-0.2, -0.15) is 0 Å². The minimum Gasteiger partial charge on any atom is -0.495 e. The van der Waals surface area contributed by atoms with Crippen LogP contribution in [0.15, 0.2) is 65.6 Å². The molecule has 0 saturated carbocycles. The number of rotatable bonds is 6. The number of thioether (sulfide) groups is 1. The van der Waals surface area contributed by atoms with Crippen molar-refractivity contribution in [2.24, 2.45) is 0 Å². The lowest BCUT2D eigenvalue weighted by Gasteiger charge is -2.15. The van der Waals surface area contributed by atoms with Crippen molar-refractivity contribution in [2.75, 3.05) is 24.1 Å². The van der Waals surface area contributed by atoms with Crippen LogP contribution in [0.25, 0.3) is 17.0 Å². The number of halogens is 1. The number of anilines is 2. The van der Waals surface area contributed by atoms with E-state index in [1.807, 2.05) is 41.8 Å². The number of nitrogens with one attached hydrogen (secondary N) is 1. The Balaban J connectivity index is 1.29. The molecule has 6 rings (SSSR count). The fourth-order valence-corrected chi connectivity index (χ4v) is 6.31. The van der Waals surface area contributed by atoms with Gasteiger partial charge in [0, 0.05) is 33.9 Å². The number of hydrogen-bond donors (Lipinski definition) is 1. The molecule has 2 amide bonds. The van der Waals surface area contributed by atoms with Crippen LogP contribution in [0.4, 0.5) is 11.4 Å². The summed E-state index contributed by atoms with van der Waals surface area (Å²) in [6, 6.07) is 18.2. The van der Waals surface area contributed by atoms with E-state index in [0.29, 0.717) is 42.9 Å². The third kappa shape index (κ3) is 4.68. The van der Waals surface area contributed by atoms with Crippen LogP contribution < -0.4 is 24.4 Å².